The van der Waals surface area contributed by atoms with Gasteiger partial charge in [-0.2, -0.15) is 0 Å². The molecule has 218 valence electrons. The second kappa shape index (κ2) is 13.0. The maximum atomic E-state index is 13.7. The van der Waals surface area contributed by atoms with Crippen molar-refractivity contribution < 1.29 is 14.5 Å². The van der Waals surface area contributed by atoms with Crippen molar-refractivity contribution in [1.82, 2.24) is 0 Å². The van der Waals surface area contributed by atoms with E-state index >= 15 is 0 Å². The molecule has 5 rings (SSSR count). The van der Waals surface area contributed by atoms with Crippen molar-refractivity contribution in [1.29, 1.82) is 0 Å². The average molecular weight is 673 g/mol. The van der Waals surface area contributed by atoms with Crippen molar-refractivity contribution >= 4 is 92.4 Å². The summed E-state index contributed by atoms with van der Waals surface area (Å²) >= 11 is 27.0. The molecular formula is C31H21Cl4N3O4S. The Bertz CT molecular complexity index is 1800. The van der Waals surface area contributed by atoms with Crippen molar-refractivity contribution in [2.45, 2.75) is 20.5 Å². The number of aliphatic imine (C=N–C) groups is 1. The molecule has 0 unspecified atom stereocenters. The minimum atomic E-state index is -0.471. The zero-order chi connectivity index (χ0) is 30.8. The Morgan fingerprint density at radius 3 is 2.12 bits per heavy atom. The molecule has 1 heterocycles. The van der Waals surface area contributed by atoms with Gasteiger partial charge in [-0.1, -0.05) is 58.5 Å². The van der Waals surface area contributed by atoms with E-state index in [4.69, 9.17) is 56.1 Å². The highest BCUT2D eigenvalue weighted by atomic mass is 35.5. The van der Waals surface area contributed by atoms with Crippen LogP contribution in [0.25, 0.3) is 6.08 Å². The molecule has 0 spiro atoms. The van der Waals surface area contributed by atoms with Gasteiger partial charge in [0.05, 0.1) is 31.2 Å². The van der Waals surface area contributed by atoms with Crippen molar-refractivity contribution in [3.63, 3.8) is 0 Å². The number of nitro benzene ring substituents is 1. The summed E-state index contributed by atoms with van der Waals surface area (Å²) in [5.41, 5.74) is 4.22. The van der Waals surface area contributed by atoms with Gasteiger partial charge in [-0.05, 0) is 102 Å². The van der Waals surface area contributed by atoms with Gasteiger partial charge >= 0.3 is 0 Å². The third kappa shape index (κ3) is 7.00. The number of amides is 1. The molecule has 4 aromatic rings. The van der Waals surface area contributed by atoms with Crippen LogP contribution in [0.15, 0.2) is 82.7 Å². The lowest BCUT2D eigenvalue weighted by Gasteiger charge is -2.16. The number of nitro groups is 1. The maximum Gasteiger partial charge on any atom is 0.271 e. The van der Waals surface area contributed by atoms with Crippen LogP contribution >= 0.6 is 58.2 Å². The molecule has 0 radical (unpaired) electrons. The number of amidine groups is 1. The number of hydrogen-bond donors (Lipinski definition) is 0. The summed E-state index contributed by atoms with van der Waals surface area (Å²) in [5, 5.41) is 12.9. The smallest absolute Gasteiger partial charge is 0.271 e. The third-order valence-corrected chi connectivity index (χ3v) is 8.79. The molecule has 4 aromatic carbocycles. The van der Waals surface area contributed by atoms with E-state index in [0.29, 0.717) is 42.6 Å². The first-order valence-corrected chi connectivity index (χ1v) is 15.0. The lowest BCUT2D eigenvalue weighted by atomic mass is 10.2. The fraction of sp³-hybridized carbons (Fsp3) is 0.0968. The molecule has 1 saturated heterocycles. The first-order chi connectivity index (χ1) is 20.5. The van der Waals surface area contributed by atoms with Crippen LogP contribution in [0.5, 0.6) is 5.75 Å². The van der Waals surface area contributed by atoms with Crippen molar-refractivity contribution in [2.24, 2.45) is 4.99 Å². The lowest BCUT2D eigenvalue weighted by molar-refractivity contribution is -0.384. The molecule has 0 aromatic heterocycles. The van der Waals surface area contributed by atoms with Gasteiger partial charge in [-0.3, -0.25) is 19.8 Å². The number of carbonyl (C=O) groups excluding carboxylic acids is 1. The highest BCUT2D eigenvalue weighted by Crippen LogP contribution is 2.41. The number of aryl methyl sites for hydroxylation is 2. The number of benzene rings is 4. The highest BCUT2D eigenvalue weighted by molar-refractivity contribution is 8.19. The summed E-state index contributed by atoms with van der Waals surface area (Å²) in [7, 11) is 0. The Hall–Kier alpha value is -3.53. The topological polar surface area (TPSA) is 85.0 Å². The SMILES string of the molecule is Cc1ccc(N=C2S/C(=C/c3cc(Cl)c(OCc4ccc([N+](=O)[O-])cc4)c(Cl)c3)C(=O)N2c2ccc(C)c(Cl)c2)cc1Cl. The van der Waals surface area contributed by atoms with Gasteiger partial charge < -0.3 is 4.74 Å². The van der Waals surface area contributed by atoms with E-state index in [1.807, 2.05) is 38.1 Å². The van der Waals surface area contributed by atoms with Crippen LogP contribution in [0.3, 0.4) is 0 Å². The van der Waals surface area contributed by atoms with E-state index in [1.54, 1.807) is 42.5 Å². The zero-order valence-corrected chi connectivity index (χ0v) is 26.4. The molecular weight excluding hydrogens is 652 g/mol. The standard InChI is InChI=1S/C31H21Cl4N3O4S/c1-17-3-7-21(14-24(17)32)36-31-37(23-8-4-18(2)25(33)15-23)30(39)28(43-31)13-20-11-26(34)29(27(35)12-20)42-16-19-5-9-22(10-6-19)38(40)41/h3-15H,16H2,1-2H3/b28-13+,36-31?. The fourth-order valence-electron chi connectivity index (χ4n) is 4.08. The van der Waals surface area contributed by atoms with Gasteiger partial charge in [-0.15, -0.1) is 0 Å². The number of anilines is 1. The second-order valence-electron chi connectivity index (χ2n) is 9.54. The van der Waals surface area contributed by atoms with Gasteiger partial charge in [0.2, 0.25) is 0 Å². The number of rotatable bonds is 7. The Kier molecular flexibility index (Phi) is 9.34. The Morgan fingerprint density at radius 2 is 1.51 bits per heavy atom. The molecule has 1 aliphatic rings. The Labute approximate surface area is 271 Å². The van der Waals surface area contributed by atoms with Gasteiger partial charge in [0, 0.05) is 22.2 Å². The van der Waals surface area contributed by atoms with Crippen LogP contribution in [0.2, 0.25) is 20.1 Å². The van der Waals surface area contributed by atoms with Crippen LogP contribution in [0.1, 0.15) is 22.3 Å². The van der Waals surface area contributed by atoms with E-state index in [0.717, 1.165) is 11.1 Å². The Balaban J connectivity index is 1.44. The quantitative estimate of drug-likeness (QED) is 0.111. The summed E-state index contributed by atoms with van der Waals surface area (Å²) in [5.74, 6) is -0.0451. The third-order valence-electron chi connectivity index (χ3n) is 6.45. The molecule has 0 N–H and O–H groups in total. The monoisotopic (exact) mass is 671 g/mol. The van der Waals surface area contributed by atoms with E-state index < -0.39 is 4.92 Å². The van der Waals surface area contributed by atoms with E-state index in [9.17, 15) is 14.9 Å². The van der Waals surface area contributed by atoms with E-state index in [2.05, 4.69) is 0 Å². The minimum Gasteiger partial charge on any atom is -0.486 e. The van der Waals surface area contributed by atoms with Gasteiger partial charge in [0.15, 0.2) is 10.9 Å². The Morgan fingerprint density at radius 1 is 0.884 bits per heavy atom. The largest absolute Gasteiger partial charge is 0.486 e. The van der Waals surface area contributed by atoms with E-state index in [1.165, 1.54) is 28.8 Å². The summed E-state index contributed by atoms with van der Waals surface area (Å²) in [4.78, 5) is 30.8. The van der Waals surface area contributed by atoms with E-state index in [-0.39, 0.29) is 34.0 Å². The van der Waals surface area contributed by atoms with Crippen LogP contribution in [0.4, 0.5) is 17.1 Å². The number of thioether (sulfide) groups is 1. The van der Waals surface area contributed by atoms with Crippen LogP contribution < -0.4 is 9.64 Å². The maximum absolute atomic E-state index is 13.7. The number of carbonyl (C=O) groups is 1. The molecule has 7 nitrogen and oxygen atoms in total. The molecule has 1 aliphatic heterocycles. The lowest BCUT2D eigenvalue weighted by Crippen LogP contribution is -2.28. The molecule has 0 atom stereocenters. The van der Waals surface area contributed by atoms with Crippen LogP contribution in [-0.2, 0) is 11.4 Å². The minimum absolute atomic E-state index is 0.0172. The van der Waals surface area contributed by atoms with Gasteiger partial charge in [0.25, 0.3) is 11.6 Å². The van der Waals surface area contributed by atoms with Crippen molar-refractivity contribution in [3.05, 3.63) is 130 Å². The normalized spacial score (nSPS) is 15.0. The predicted molar refractivity (Wildman–Crippen MR) is 176 cm³/mol. The second-order valence-corrected chi connectivity index (χ2v) is 12.2. The number of nitrogens with zero attached hydrogens (tertiary/aromatic N) is 3. The molecule has 0 aliphatic carbocycles. The molecule has 1 amide bonds. The first kappa shape index (κ1) is 30.9. The number of non-ortho nitro benzene ring substituents is 1. The van der Waals surface area contributed by atoms with Crippen molar-refractivity contribution in [3.8, 4) is 5.75 Å². The molecule has 43 heavy (non-hydrogen) atoms. The van der Waals surface area contributed by atoms with Crippen LogP contribution in [0, 0.1) is 24.0 Å². The molecule has 1 fully saturated rings. The predicted octanol–water partition coefficient (Wildman–Crippen LogP) is 10.2. The molecule has 0 bridgehead atoms. The number of hydrogen-bond acceptors (Lipinski definition) is 6. The zero-order valence-electron chi connectivity index (χ0n) is 22.6. The number of ether oxygens (including phenoxy) is 1. The van der Waals surface area contributed by atoms with Gasteiger partial charge in [0.1, 0.15) is 6.61 Å². The summed E-state index contributed by atoms with van der Waals surface area (Å²) in [6.07, 6.45) is 1.68. The summed E-state index contributed by atoms with van der Waals surface area (Å²) in [6, 6.07) is 20.1. The fourth-order valence-corrected chi connectivity index (χ4v) is 6.04. The highest BCUT2D eigenvalue weighted by Gasteiger charge is 2.35. The number of halogens is 4. The summed E-state index contributed by atoms with van der Waals surface area (Å²) in [6.45, 7) is 3.88. The average Bonchev–Trinajstić information content (AvgIpc) is 3.25. The van der Waals surface area contributed by atoms with Gasteiger partial charge in [-0.25, -0.2) is 4.99 Å². The van der Waals surface area contributed by atoms with Crippen molar-refractivity contribution in [2.75, 3.05) is 4.90 Å². The summed E-state index contributed by atoms with van der Waals surface area (Å²) < 4.78 is 5.82. The first-order valence-electron chi connectivity index (χ1n) is 12.7. The molecule has 12 heteroatoms. The molecule has 0 saturated carbocycles. The van der Waals surface area contributed by atoms with Crippen LogP contribution in [-0.4, -0.2) is 16.0 Å².